The van der Waals surface area contributed by atoms with Crippen LogP contribution in [0.3, 0.4) is 0 Å². The lowest BCUT2D eigenvalue weighted by molar-refractivity contribution is 0.0606. The molecule has 1 aliphatic rings. The largest absolute Gasteiger partial charge is 0.336 e. The Hall–Kier alpha value is -2.16. The van der Waals surface area contributed by atoms with E-state index in [4.69, 9.17) is 0 Å². The number of hydrogen-bond acceptors (Lipinski definition) is 3. The molecule has 0 spiro atoms. The first-order chi connectivity index (χ1) is 11.7. The number of carbonyl (C=O) groups is 1. The second-order valence-corrected chi connectivity index (χ2v) is 6.70. The van der Waals surface area contributed by atoms with Crippen LogP contribution in [0.5, 0.6) is 0 Å². The van der Waals surface area contributed by atoms with Crippen LogP contribution in [0.1, 0.15) is 22.0 Å². The van der Waals surface area contributed by atoms with Crippen molar-refractivity contribution in [2.24, 2.45) is 0 Å². The molecule has 1 heterocycles. The first-order valence-electron chi connectivity index (χ1n) is 7.92. The van der Waals surface area contributed by atoms with Crippen LogP contribution in [0.15, 0.2) is 59.1 Å². The van der Waals surface area contributed by atoms with Crippen LogP contribution < -0.4 is 0 Å². The van der Waals surface area contributed by atoms with Crippen LogP contribution >= 0.6 is 15.9 Å². The van der Waals surface area contributed by atoms with E-state index < -0.39 is 0 Å². The van der Waals surface area contributed by atoms with Gasteiger partial charge in [0.15, 0.2) is 0 Å². The van der Waals surface area contributed by atoms with Crippen LogP contribution in [-0.4, -0.2) is 41.9 Å². The normalized spacial score (nSPS) is 16.4. The highest BCUT2D eigenvalue weighted by molar-refractivity contribution is 9.10. The van der Waals surface area contributed by atoms with E-state index in [0.717, 1.165) is 15.6 Å². The van der Waals surface area contributed by atoms with Gasteiger partial charge in [0, 0.05) is 36.2 Å². The Kier molecular flexibility index (Phi) is 5.29. The van der Waals surface area contributed by atoms with E-state index >= 15 is 0 Å². The van der Waals surface area contributed by atoms with Gasteiger partial charge in [0.25, 0.3) is 5.91 Å². The minimum atomic E-state index is -0.281. The Morgan fingerprint density at radius 2 is 1.75 bits per heavy atom. The third-order valence-corrected chi connectivity index (χ3v) is 4.77. The van der Waals surface area contributed by atoms with Gasteiger partial charge in [0.1, 0.15) is 6.04 Å². The number of hydrogen-bond donors (Lipinski definition) is 0. The molecule has 1 atom stereocenters. The van der Waals surface area contributed by atoms with Crippen molar-refractivity contribution in [2.45, 2.75) is 6.04 Å². The Bertz CT molecular complexity index is 749. The number of amides is 1. The van der Waals surface area contributed by atoms with Crippen molar-refractivity contribution in [3.8, 4) is 6.07 Å². The van der Waals surface area contributed by atoms with E-state index in [1.807, 2.05) is 59.5 Å². The van der Waals surface area contributed by atoms with Gasteiger partial charge in [0.2, 0.25) is 0 Å². The molecule has 0 radical (unpaired) electrons. The first kappa shape index (κ1) is 16.7. The molecule has 1 fully saturated rings. The number of rotatable bonds is 3. The number of benzene rings is 2. The van der Waals surface area contributed by atoms with E-state index in [2.05, 4.69) is 26.9 Å². The van der Waals surface area contributed by atoms with E-state index in [1.54, 1.807) is 0 Å². The SMILES string of the molecule is N#CC(c1cccc(Br)c1)N1CCN(C(=O)c2ccccc2)CC1. The van der Waals surface area contributed by atoms with Crippen molar-refractivity contribution in [2.75, 3.05) is 26.2 Å². The summed E-state index contributed by atoms with van der Waals surface area (Å²) in [6, 6.07) is 19.3. The lowest BCUT2D eigenvalue weighted by atomic mass is 10.1. The highest BCUT2D eigenvalue weighted by Gasteiger charge is 2.27. The number of piperazine rings is 1. The second kappa shape index (κ2) is 7.61. The van der Waals surface area contributed by atoms with Gasteiger partial charge in [-0.05, 0) is 29.8 Å². The molecule has 1 amide bonds. The fourth-order valence-corrected chi connectivity index (χ4v) is 3.41. The zero-order valence-electron chi connectivity index (χ0n) is 13.2. The summed E-state index contributed by atoms with van der Waals surface area (Å²) in [5.41, 5.74) is 1.70. The molecule has 24 heavy (non-hydrogen) atoms. The number of carbonyl (C=O) groups excluding carboxylic acids is 1. The minimum Gasteiger partial charge on any atom is -0.336 e. The summed E-state index contributed by atoms with van der Waals surface area (Å²) in [4.78, 5) is 16.5. The molecule has 0 N–H and O–H groups in total. The minimum absolute atomic E-state index is 0.0613. The second-order valence-electron chi connectivity index (χ2n) is 5.78. The summed E-state index contributed by atoms with van der Waals surface area (Å²) in [6.45, 7) is 2.67. The summed E-state index contributed by atoms with van der Waals surface area (Å²) in [5, 5.41) is 9.59. The predicted molar refractivity (Wildman–Crippen MR) is 96.4 cm³/mol. The Morgan fingerprint density at radius 3 is 2.38 bits per heavy atom. The molecule has 0 saturated carbocycles. The standard InChI is InChI=1S/C19H18BrN3O/c20-17-8-4-7-16(13-17)18(14-21)22-9-11-23(12-10-22)19(24)15-5-2-1-3-6-15/h1-8,13,18H,9-12H2. The summed E-state index contributed by atoms with van der Waals surface area (Å²) >= 11 is 3.46. The van der Waals surface area contributed by atoms with E-state index in [1.165, 1.54) is 0 Å². The maximum atomic E-state index is 12.5. The summed E-state index contributed by atoms with van der Waals surface area (Å²) in [5.74, 6) is 0.0613. The third kappa shape index (κ3) is 3.66. The molecular formula is C19H18BrN3O. The third-order valence-electron chi connectivity index (χ3n) is 4.27. The zero-order valence-corrected chi connectivity index (χ0v) is 14.8. The van der Waals surface area contributed by atoms with Crippen molar-refractivity contribution in [1.29, 1.82) is 5.26 Å². The number of nitrogens with zero attached hydrogens (tertiary/aromatic N) is 3. The van der Waals surface area contributed by atoms with Crippen LogP contribution in [0.25, 0.3) is 0 Å². The molecular weight excluding hydrogens is 366 g/mol. The van der Waals surface area contributed by atoms with Crippen molar-refractivity contribution < 1.29 is 4.79 Å². The van der Waals surface area contributed by atoms with Gasteiger partial charge in [-0.2, -0.15) is 5.26 Å². The van der Waals surface area contributed by atoms with Crippen LogP contribution in [0, 0.1) is 11.3 Å². The molecule has 0 bridgehead atoms. The van der Waals surface area contributed by atoms with Gasteiger partial charge in [-0.15, -0.1) is 0 Å². The van der Waals surface area contributed by atoms with Crippen molar-refractivity contribution in [3.05, 3.63) is 70.2 Å². The topological polar surface area (TPSA) is 47.3 Å². The van der Waals surface area contributed by atoms with Gasteiger partial charge in [0.05, 0.1) is 6.07 Å². The first-order valence-corrected chi connectivity index (χ1v) is 8.72. The maximum Gasteiger partial charge on any atom is 0.253 e. The molecule has 0 aromatic heterocycles. The van der Waals surface area contributed by atoms with Gasteiger partial charge in [-0.3, -0.25) is 9.69 Å². The van der Waals surface area contributed by atoms with Crippen LogP contribution in [0.2, 0.25) is 0 Å². The summed E-state index contributed by atoms with van der Waals surface area (Å²) in [7, 11) is 0. The Balaban J connectivity index is 1.66. The fraction of sp³-hybridized carbons (Fsp3) is 0.263. The van der Waals surface area contributed by atoms with Gasteiger partial charge in [-0.1, -0.05) is 46.3 Å². The van der Waals surface area contributed by atoms with Gasteiger partial charge in [-0.25, -0.2) is 0 Å². The van der Waals surface area contributed by atoms with Crippen molar-refractivity contribution in [1.82, 2.24) is 9.80 Å². The highest BCUT2D eigenvalue weighted by atomic mass is 79.9. The number of halogens is 1. The van der Waals surface area contributed by atoms with Crippen LogP contribution in [-0.2, 0) is 0 Å². The summed E-state index contributed by atoms with van der Waals surface area (Å²) in [6.07, 6.45) is 0. The van der Waals surface area contributed by atoms with E-state index in [9.17, 15) is 10.1 Å². The monoisotopic (exact) mass is 383 g/mol. The molecule has 4 nitrogen and oxygen atoms in total. The maximum absolute atomic E-state index is 12.5. The van der Waals surface area contributed by atoms with Crippen molar-refractivity contribution in [3.63, 3.8) is 0 Å². The average Bonchev–Trinajstić information content (AvgIpc) is 2.63. The number of nitriles is 1. The summed E-state index contributed by atoms with van der Waals surface area (Å²) < 4.78 is 0.971. The molecule has 122 valence electrons. The molecule has 2 aromatic carbocycles. The Morgan fingerprint density at radius 1 is 1.04 bits per heavy atom. The smallest absolute Gasteiger partial charge is 0.253 e. The van der Waals surface area contributed by atoms with Crippen LogP contribution in [0.4, 0.5) is 0 Å². The molecule has 5 heteroatoms. The van der Waals surface area contributed by atoms with Crippen molar-refractivity contribution >= 4 is 21.8 Å². The highest BCUT2D eigenvalue weighted by Crippen LogP contribution is 2.24. The predicted octanol–water partition coefficient (Wildman–Crippen LogP) is 3.47. The molecule has 0 aliphatic carbocycles. The fourth-order valence-electron chi connectivity index (χ4n) is 2.99. The lowest BCUT2D eigenvalue weighted by Crippen LogP contribution is -2.49. The Labute approximate surface area is 150 Å². The molecule has 1 unspecified atom stereocenters. The van der Waals surface area contributed by atoms with Gasteiger partial charge >= 0.3 is 0 Å². The molecule has 2 aromatic rings. The average molecular weight is 384 g/mol. The zero-order chi connectivity index (χ0) is 16.9. The molecule has 1 aliphatic heterocycles. The molecule has 1 saturated heterocycles. The lowest BCUT2D eigenvalue weighted by Gasteiger charge is -2.37. The quantitative estimate of drug-likeness (QED) is 0.814. The van der Waals surface area contributed by atoms with E-state index in [0.29, 0.717) is 26.2 Å². The van der Waals surface area contributed by atoms with Gasteiger partial charge < -0.3 is 4.90 Å². The molecule has 3 rings (SSSR count). The van der Waals surface area contributed by atoms with E-state index in [-0.39, 0.29) is 11.9 Å².